The van der Waals surface area contributed by atoms with E-state index in [-0.39, 0.29) is 6.42 Å². The number of nitrogens with zero attached hydrogens (tertiary/aromatic N) is 1. The number of halogens is 1. The first-order valence-electron chi connectivity index (χ1n) is 3.61. The lowest BCUT2D eigenvalue weighted by Crippen LogP contribution is -2.21. The summed E-state index contributed by atoms with van der Waals surface area (Å²) in [5.74, 6) is -1.24. The van der Waals surface area contributed by atoms with Crippen LogP contribution in [0.3, 0.4) is 0 Å². The van der Waals surface area contributed by atoms with Gasteiger partial charge in [-0.25, -0.2) is 9.78 Å². The van der Waals surface area contributed by atoms with Crippen LogP contribution < -0.4 is 0 Å². The molecule has 1 rings (SSSR count). The normalized spacial score (nSPS) is 12.5. The molecule has 1 atom stereocenters. The molecule has 70 valence electrons. The van der Waals surface area contributed by atoms with Crippen LogP contribution in [0.5, 0.6) is 0 Å². The van der Waals surface area contributed by atoms with Crippen molar-refractivity contribution in [3.8, 4) is 0 Å². The summed E-state index contributed by atoms with van der Waals surface area (Å²) >= 11 is 5.52. The van der Waals surface area contributed by atoms with Gasteiger partial charge in [0.15, 0.2) is 6.10 Å². The molecular weight excluding hydrogens is 194 g/mol. The second-order valence-corrected chi connectivity index (χ2v) is 2.93. The molecule has 0 amide bonds. The third-order valence-electron chi connectivity index (χ3n) is 1.50. The summed E-state index contributed by atoms with van der Waals surface area (Å²) in [5, 5.41) is 17.7. The SMILES string of the molecule is O=C(O)C(O)Cc1ccc(Cl)nc1. The number of aliphatic hydroxyl groups is 1. The van der Waals surface area contributed by atoms with Crippen molar-refractivity contribution in [3.63, 3.8) is 0 Å². The van der Waals surface area contributed by atoms with Crippen molar-refractivity contribution in [2.24, 2.45) is 0 Å². The summed E-state index contributed by atoms with van der Waals surface area (Å²) in [6.45, 7) is 0. The molecule has 0 spiro atoms. The number of aromatic nitrogens is 1. The van der Waals surface area contributed by atoms with Crippen molar-refractivity contribution in [3.05, 3.63) is 29.0 Å². The quantitative estimate of drug-likeness (QED) is 0.708. The highest BCUT2D eigenvalue weighted by Gasteiger charge is 2.13. The van der Waals surface area contributed by atoms with E-state index >= 15 is 0 Å². The number of rotatable bonds is 3. The Bertz CT molecular complexity index is 299. The summed E-state index contributed by atoms with van der Waals surface area (Å²) in [6.07, 6.45) is 0.0940. The highest BCUT2D eigenvalue weighted by atomic mass is 35.5. The minimum Gasteiger partial charge on any atom is -0.479 e. The maximum absolute atomic E-state index is 10.3. The Kier molecular flexibility index (Phi) is 3.22. The molecule has 2 N–H and O–H groups in total. The van der Waals surface area contributed by atoms with Gasteiger partial charge >= 0.3 is 5.97 Å². The molecule has 5 heteroatoms. The van der Waals surface area contributed by atoms with Gasteiger partial charge in [-0.2, -0.15) is 0 Å². The number of carboxylic acids is 1. The second-order valence-electron chi connectivity index (χ2n) is 2.55. The average Bonchev–Trinajstić information content (AvgIpc) is 2.08. The fraction of sp³-hybridized carbons (Fsp3) is 0.250. The minimum atomic E-state index is -1.39. The smallest absolute Gasteiger partial charge is 0.332 e. The van der Waals surface area contributed by atoms with Crippen LogP contribution in [0.2, 0.25) is 5.15 Å². The van der Waals surface area contributed by atoms with E-state index < -0.39 is 12.1 Å². The van der Waals surface area contributed by atoms with E-state index in [0.717, 1.165) is 0 Å². The van der Waals surface area contributed by atoms with Gasteiger partial charge in [-0.05, 0) is 11.6 Å². The molecule has 0 saturated carbocycles. The Balaban J connectivity index is 2.64. The highest BCUT2D eigenvalue weighted by molar-refractivity contribution is 6.29. The first-order chi connectivity index (χ1) is 6.09. The van der Waals surface area contributed by atoms with Crippen molar-refractivity contribution >= 4 is 17.6 Å². The lowest BCUT2D eigenvalue weighted by molar-refractivity contribution is -0.146. The number of pyridine rings is 1. The third kappa shape index (κ3) is 3.01. The molecule has 0 aliphatic heterocycles. The molecule has 0 radical (unpaired) electrons. The summed E-state index contributed by atoms with van der Waals surface area (Å²) in [6, 6.07) is 3.17. The zero-order chi connectivity index (χ0) is 9.84. The number of carboxylic acid groups (broad SMARTS) is 1. The van der Waals surface area contributed by atoms with Crippen LogP contribution in [0, 0.1) is 0 Å². The standard InChI is InChI=1S/C8H8ClNO3/c9-7-2-1-5(4-10-7)3-6(11)8(12)13/h1-2,4,6,11H,3H2,(H,12,13). The zero-order valence-electron chi connectivity index (χ0n) is 6.64. The fourth-order valence-corrected chi connectivity index (χ4v) is 0.950. The van der Waals surface area contributed by atoms with Crippen LogP contribution in [-0.2, 0) is 11.2 Å². The van der Waals surface area contributed by atoms with Gasteiger partial charge in [0.25, 0.3) is 0 Å². The highest BCUT2D eigenvalue weighted by Crippen LogP contribution is 2.07. The van der Waals surface area contributed by atoms with Crippen LogP contribution in [-0.4, -0.2) is 27.3 Å². The lowest BCUT2D eigenvalue weighted by atomic mass is 10.1. The lowest BCUT2D eigenvalue weighted by Gasteiger charge is -2.04. The predicted octanol–water partition coefficient (Wildman–Crippen LogP) is 0.723. The molecule has 0 fully saturated rings. The van der Waals surface area contributed by atoms with Gasteiger partial charge in [-0.1, -0.05) is 17.7 Å². The van der Waals surface area contributed by atoms with Crippen molar-refractivity contribution in [2.45, 2.75) is 12.5 Å². The van der Waals surface area contributed by atoms with Crippen molar-refractivity contribution in [1.29, 1.82) is 0 Å². The molecule has 0 aromatic carbocycles. The Morgan fingerprint density at radius 1 is 1.62 bits per heavy atom. The van der Waals surface area contributed by atoms with E-state index in [2.05, 4.69) is 4.98 Å². The number of aliphatic carboxylic acids is 1. The molecule has 1 heterocycles. The Labute approximate surface area is 79.8 Å². The largest absolute Gasteiger partial charge is 0.479 e. The third-order valence-corrected chi connectivity index (χ3v) is 1.73. The molecule has 0 bridgehead atoms. The van der Waals surface area contributed by atoms with Crippen LogP contribution >= 0.6 is 11.6 Å². The van der Waals surface area contributed by atoms with Gasteiger partial charge in [0.05, 0.1) is 0 Å². The number of carbonyl (C=O) groups is 1. The first-order valence-corrected chi connectivity index (χ1v) is 3.98. The van der Waals surface area contributed by atoms with E-state index in [1.54, 1.807) is 12.1 Å². The molecule has 0 aliphatic rings. The monoisotopic (exact) mass is 201 g/mol. The molecule has 1 aromatic heterocycles. The van der Waals surface area contributed by atoms with Gasteiger partial charge in [0.1, 0.15) is 5.15 Å². The van der Waals surface area contributed by atoms with Crippen molar-refractivity contribution in [2.75, 3.05) is 0 Å². The molecule has 13 heavy (non-hydrogen) atoms. The Morgan fingerprint density at radius 3 is 2.77 bits per heavy atom. The topological polar surface area (TPSA) is 70.4 Å². The van der Waals surface area contributed by atoms with E-state index in [4.69, 9.17) is 21.8 Å². The Morgan fingerprint density at radius 2 is 2.31 bits per heavy atom. The first kappa shape index (κ1) is 9.95. The van der Waals surface area contributed by atoms with Gasteiger partial charge in [-0.15, -0.1) is 0 Å². The molecular formula is C8H8ClNO3. The predicted molar refractivity (Wildman–Crippen MR) is 46.6 cm³/mol. The average molecular weight is 202 g/mol. The van der Waals surface area contributed by atoms with E-state index in [1.165, 1.54) is 6.20 Å². The zero-order valence-corrected chi connectivity index (χ0v) is 7.40. The summed E-state index contributed by atoms with van der Waals surface area (Å²) in [4.78, 5) is 14.0. The van der Waals surface area contributed by atoms with Gasteiger partial charge in [0.2, 0.25) is 0 Å². The molecule has 0 aliphatic carbocycles. The van der Waals surface area contributed by atoms with E-state index in [1.807, 2.05) is 0 Å². The molecule has 1 unspecified atom stereocenters. The maximum atomic E-state index is 10.3. The maximum Gasteiger partial charge on any atom is 0.332 e. The van der Waals surface area contributed by atoms with Crippen LogP contribution in [0.25, 0.3) is 0 Å². The van der Waals surface area contributed by atoms with Crippen LogP contribution in [0.4, 0.5) is 0 Å². The van der Waals surface area contributed by atoms with Crippen LogP contribution in [0.15, 0.2) is 18.3 Å². The fourth-order valence-electron chi connectivity index (χ4n) is 0.838. The number of hydrogen-bond acceptors (Lipinski definition) is 3. The van der Waals surface area contributed by atoms with Gasteiger partial charge in [-0.3, -0.25) is 0 Å². The summed E-state index contributed by atoms with van der Waals surface area (Å²) in [5.41, 5.74) is 0.638. The molecule has 1 aromatic rings. The second kappa shape index (κ2) is 4.20. The van der Waals surface area contributed by atoms with E-state index in [9.17, 15) is 4.79 Å². The van der Waals surface area contributed by atoms with E-state index in [0.29, 0.717) is 10.7 Å². The van der Waals surface area contributed by atoms with Crippen molar-refractivity contribution in [1.82, 2.24) is 4.98 Å². The summed E-state index contributed by atoms with van der Waals surface area (Å²) < 4.78 is 0. The number of hydrogen-bond donors (Lipinski definition) is 2. The van der Waals surface area contributed by atoms with Crippen molar-refractivity contribution < 1.29 is 15.0 Å². The van der Waals surface area contributed by atoms with Crippen LogP contribution in [0.1, 0.15) is 5.56 Å². The Hall–Kier alpha value is -1.13. The molecule has 0 saturated heterocycles. The number of aliphatic hydroxyl groups excluding tert-OH is 1. The molecule has 4 nitrogen and oxygen atoms in total. The summed E-state index contributed by atoms with van der Waals surface area (Å²) in [7, 11) is 0. The van der Waals surface area contributed by atoms with Gasteiger partial charge in [0, 0.05) is 12.6 Å². The van der Waals surface area contributed by atoms with Gasteiger partial charge < -0.3 is 10.2 Å². The minimum absolute atomic E-state index is 0.0412.